The normalized spacial score (nSPS) is 11.0. The van der Waals surface area contributed by atoms with E-state index < -0.39 is 10.8 Å². The Hall–Kier alpha value is -2.39. The summed E-state index contributed by atoms with van der Waals surface area (Å²) < 4.78 is 12.8. The van der Waals surface area contributed by atoms with Crippen LogP contribution in [0.15, 0.2) is 107 Å². The Balaban J connectivity index is 0.000000379. The Morgan fingerprint density at radius 2 is 1.56 bits per heavy atom. The largest absolute Gasteiger partial charge is 0.542 e. The van der Waals surface area contributed by atoms with Crippen LogP contribution in [0.3, 0.4) is 0 Å². The van der Waals surface area contributed by atoms with Gasteiger partial charge in [0.05, 0.1) is 16.5 Å². The van der Waals surface area contributed by atoms with Gasteiger partial charge in [-0.25, -0.2) is 12.1 Å². The van der Waals surface area contributed by atoms with E-state index in [0.717, 1.165) is 20.9 Å². The molecule has 4 heteroatoms. The summed E-state index contributed by atoms with van der Waals surface area (Å²) in [7, 11) is -1.26. The minimum absolute atomic E-state index is 0. The number of para-hydroxylation sites is 1. The first-order valence-electron chi connectivity index (χ1n) is 8.36. The van der Waals surface area contributed by atoms with Gasteiger partial charge in [-0.05, 0) is 24.0 Å². The summed E-state index contributed by atoms with van der Waals surface area (Å²) in [6, 6.07) is 30.4. The van der Waals surface area contributed by atoms with Crippen molar-refractivity contribution in [2.24, 2.45) is 0 Å². The van der Waals surface area contributed by atoms with Crippen molar-refractivity contribution in [3.63, 3.8) is 0 Å². The molecule has 1 unspecified atom stereocenters. The number of aromatic hydroxyl groups is 1. The summed E-state index contributed by atoms with van der Waals surface area (Å²) in [6.07, 6.45) is 0. The Kier molecular flexibility index (Phi) is 7.81. The summed E-state index contributed by atoms with van der Waals surface area (Å²) in [4.78, 5) is 1.49. The van der Waals surface area contributed by atoms with Crippen molar-refractivity contribution >= 4 is 10.8 Å². The monoisotopic (exact) mass is 416 g/mol. The Labute approximate surface area is 173 Å². The molecule has 0 heterocycles. The Morgan fingerprint density at radius 3 is 2.15 bits per heavy atom. The SMILES string of the molecule is Cc1ccc(S(=O)c2ccc[c-]2-c2ccccc2O)cc1.[Fe].c1cc[cH-]c1. The second kappa shape index (κ2) is 10.1. The molecule has 0 spiro atoms. The molecule has 0 aromatic heterocycles. The van der Waals surface area contributed by atoms with Gasteiger partial charge in [-0.3, -0.25) is 4.21 Å². The zero-order valence-electron chi connectivity index (χ0n) is 14.9. The molecule has 4 aromatic carbocycles. The standard InChI is InChI=1S/C18H15O2S.C5H5.Fe/c1-13-9-11-14(12-10-13)21(20)18-8-4-6-16(18)15-5-2-3-7-17(15)19;1-2-4-5-3-1;/h2-12,19H,1H3;1-5H;/q2*-1;. The van der Waals surface area contributed by atoms with Crippen molar-refractivity contribution < 1.29 is 26.4 Å². The van der Waals surface area contributed by atoms with Crippen molar-refractivity contribution in [1.82, 2.24) is 0 Å². The Bertz CT molecular complexity index is 953. The average Bonchev–Trinajstić information content (AvgIpc) is 3.37. The Morgan fingerprint density at radius 1 is 0.889 bits per heavy atom. The van der Waals surface area contributed by atoms with Crippen LogP contribution in [0.25, 0.3) is 11.1 Å². The molecule has 0 fully saturated rings. The first kappa shape index (κ1) is 20.9. The smallest absolute Gasteiger partial charge is 0.0698 e. The minimum atomic E-state index is -1.26. The first-order chi connectivity index (χ1) is 12.7. The molecule has 0 aliphatic carbocycles. The molecule has 1 atom stereocenters. The predicted molar refractivity (Wildman–Crippen MR) is 107 cm³/mol. The fourth-order valence-electron chi connectivity index (χ4n) is 2.60. The minimum Gasteiger partial charge on any atom is -0.542 e. The zero-order chi connectivity index (χ0) is 18.4. The second-order valence-electron chi connectivity index (χ2n) is 5.86. The molecule has 140 valence electrons. The molecular weight excluding hydrogens is 396 g/mol. The van der Waals surface area contributed by atoms with Gasteiger partial charge in [-0.15, -0.1) is 18.2 Å². The van der Waals surface area contributed by atoms with Crippen LogP contribution in [-0.2, 0) is 27.9 Å². The third-order valence-corrected chi connectivity index (χ3v) is 5.42. The summed E-state index contributed by atoms with van der Waals surface area (Å²) >= 11 is 0. The second-order valence-corrected chi connectivity index (χ2v) is 7.31. The number of aryl methyl sites for hydroxylation is 1. The fraction of sp³-hybridized carbons (Fsp3) is 0.0435. The van der Waals surface area contributed by atoms with Gasteiger partial charge >= 0.3 is 0 Å². The van der Waals surface area contributed by atoms with E-state index in [4.69, 9.17) is 0 Å². The molecular formula is C23H20FeO2S-2. The van der Waals surface area contributed by atoms with E-state index in [1.807, 2.05) is 91.9 Å². The molecule has 0 saturated carbocycles. The van der Waals surface area contributed by atoms with E-state index in [1.54, 1.807) is 12.1 Å². The summed E-state index contributed by atoms with van der Waals surface area (Å²) in [5, 5.41) is 10.00. The molecule has 2 nitrogen and oxygen atoms in total. The van der Waals surface area contributed by atoms with Crippen LogP contribution in [0.2, 0.25) is 0 Å². The summed E-state index contributed by atoms with van der Waals surface area (Å²) in [5.41, 5.74) is 2.66. The molecule has 0 aliphatic heterocycles. The van der Waals surface area contributed by atoms with Crippen molar-refractivity contribution in [2.75, 3.05) is 0 Å². The first-order valence-corrected chi connectivity index (χ1v) is 9.51. The van der Waals surface area contributed by atoms with E-state index in [9.17, 15) is 9.32 Å². The number of rotatable bonds is 3. The van der Waals surface area contributed by atoms with Gasteiger partial charge in [0.15, 0.2) is 0 Å². The van der Waals surface area contributed by atoms with Crippen LogP contribution >= 0.6 is 0 Å². The van der Waals surface area contributed by atoms with Crippen molar-refractivity contribution in [2.45, 2.75) is 16.7 Å². The van der Waals surface area contributed by atoms with Crippen LogP contribution < -0.4 is 0 Å². The van der Waals surface area contributed by atoms with Gasteiger partial charge in [-0.1, -0.05) is 47.0 Å². The van der Waals surface area contributed by atoms with E-state index in [0.29, 0.717) is 5.56 Å². The van der Waals surface area contributed by atoms with Gasteiger partial charge in [0, 0.05) is 22.0 Å². The van der Waals surface area contributed by atoms with Crippen LogP contribution in [0, 0.1) is 6.92 Å². The maximum absolute atomic E-state index is 12.8. The van der Waals surface area contributed by atoms with Crippen LogP contribution in [0.4, 0.5) is 0 Å². The molecule has 1 N–H and O–H groups in total. The van der Waals surface area contributed by atoms with Crippen LogP contribution in [-0.4, -0.2) is 9.32 Å². The number of hydrogen-bond donors (Lipinski definition) is 1. The quantitative estimate of drug-likeness (QED) is 0.346. The number of phenols is 1. The fourth-order valence-corrected chi connectivity index (χ4v) is 3.82. The van der Waals surface area contributed by atoms with Crippen LogP contribution in [0.1, 0.15) is 5.56 Å². The molecule has 0 bridgehead atoms. The maximum Gasteiger partial charge on any atom is 0.0698 e. The topological polar surface area (TPSA) is 37.3 Å². The molecule has 0 aliphatic rings. The number of hydrogen-bond acceptors (Lipinski definition) is 2. The van der Waals surface area contributed by atoms with Gasteiger partial charge < -0.3 is 5.11 Å². The molecule has 0 radical (unpaired) electrons. The van der Waals surface area contributed by atoms with Crippen LogP contribution in [0.5, 0.6) is 5.75 Å². The van der Waals surface area contributed by atoms with E-state index in [2.05, 4.69) is 0 Å². The van der Waals surface area contributed by atoms with E-state index >= 15 is 0 Å². The molecule has 0 saturated heterocycles. The summed E-state index contributed by atoms with van der Waals surface area (Å²) in [5.74, 6) is 0.200. The number of phenolic OH excluding ortho intramolecular Hbond substituents is 1. The van der Waals surface area contributed by atoms with Crippen molar-refractivity contribution in [3.8, 4) is 16.9 Å². The molecule has 4 aromatic rings. The van der Waals surface area contributed by atoms with Gasteiger partial charge in [0.2, 0.25) is 0 Å². The average molecular weight is 416 g/mol. The maximum atomic E-state index is 12.8. The molecule has 4 rings (SSSR count). The molecule has 27 heavy (non-hydrogen) atoms. The summed E-state index contributed by atoms with van der Waals surface area (Å²) in [6.45, 7) is 2.00. The zero-order valence-corrected chi connectivity index (χ0v) is 16.8. The van der Waals surface area contributed by atoms with Gasteiger partial charge in [0.1, 0.15) is 0 Å². The predicted octanol–water partition coefficient (Wildman–Crippen LogP) is 5.66. The van der Waals surface area contributed by atoms with E-state index in [-0.39, 0.29) is 22.8 Å². The van der Waals surface area contributed by atoms with Gasteiger partial charge in [-0.2, -0.15) is 24.3 Å². The van der Waals surface area contributed by atoms with Gasteiger partial charge in [0.25, 0.3) is 0 Å². The third kappa shape index (κ3) is 5.30. The van der Waals surface area contributed by atoms with Crippen molar-refractivity contribution in [3.05, 3.63) is 103 Å². The third-order valence-electron chi connectivity index (χ3n) is 3.96. The molecule has 0 amide bonds. The van der Waals surface area contributed by atoms with Crippen molar-refractivity contribution in [1.29, 1.82) is 0 Å². The number of benzene rings is 2. The van der Waals surface area contributed by atoms with E-state index in [1.165, 1.54) is 0 Å².